The molecule has 0 bridgehead atoms. The van der Waals surface area contributed by atoms with Crippen molar-refractivity contribution < 1.29 is 18.7 Å². The molecule has 1 atom stereocenters. The van der Waals surface area contributed by atoms with Gasteiger partial charge in [-0.2, -0.15) is 0 Å². The van der Waals surface area contributed by atoms with Crippen LogP contribution in [0, 0.1) is 5.92 Å². The summed E-state index contributed by atoms with van der Waals surface area (Å²) in [4.78, 5) is 31.7. The minimum Gasteiger partial charge on any atom is -0.436 e. The summed E-state index contributed by atoms with van der Waals surface area (Å²) in [6.45, 7) is 2.72. The molecule has 0 spiro atoms. The highest BCUT2D eigenvalue weighted by Gasteiger charge is 2.26. The standard InChI is InChI=1S/C26H29N3O4/c30-24(27-17-21-7-4-14-32-21)15-18-10-12-29(13-11-18)26(31)20-8-9-22-23(16-20)33-25(28-22)19-5-2-1-3-6-19/h1-3,5-6,8-9,16,18,21H,4,7,10-15,17H2,(H,27,30)/t21-/m0/s1. The maximum atomic E-state index is 13.1. The van der Waals surface area contributed by atoms with Crippen LogP contribution in [0.15, 0.2) is 52.9 Å². The predicted molar refractivity (Wildman–Crippen MR) is 125 cm³/mol. The second-order valence-corrected chi connectivity index (χ2v) is 8.95. The Morgan fingerprint density at radius 2 is 1.88 bits per heavy atom. The molecule has 1 N–H and O–H groups in total. The highest BCUT2D eigenvalue weighted by Crippen LogP contribution is 2.26. The molecule has 172 valence electrons. The summed E-state index contributed by atoms with van der Waals surface area (Å²) in [5.41, 5.74) is 2.85. The minimum absolute atomic E-state index is 0.00385. The van der Waals surface area contributed by atoms with Crippen LogP contribution in [-0.4, -0.2) is 54.0 Å². The summed E-state index contributed by atoms with van der Waals surface area (Å²) in [5.74, 6) is 0.939. The van der Waals surface area contributed by atoms with Crippen molar-refractivity contribution in [2.24, 2.45) is 5.92 Å². The number of ether oxygens (including phenoxy) is 1. The van der Waals surface area contributed by atoms with Crippen LogP contribution in [0.5, 0.6) is 0 Å². The van der Waals surface area contributed by atoms with Gasteiger partial charge in [-0.25, -0.2) is 4.98 Å². The predicted octanol–water partition coefficient (Wildman–Crippen LogP) is 4.03. The topological polar surface area (TPSA) is 84.7 Å². The van der Waals surface area contributed by atoms with E-state index in [-0.39, 0.29) is 17.9 Å². The Morgan fingerprint density at radius 3 is 2.64 bits per heavy atom. The van der Waals surface area contributed by atoms with Gasteiger partial charge in [-0.15, -0.1) is 0 Å². The van der Waals surface area contributed by atoms with Crippen LogP contribution in [0.2, 0.25) is 0 Å². The number of nitrogens with one attached hydrogen (secondary N) is 1. The molecule has 1 aromatic heterocycles. The molecule has 2 aromatic carbocycles. The van der Waals surface area contributed by atoms with Crippen LogP contribution in [-0.2, 0) is 9.53 Å². The summed E-state index contributed by atoms with van der Waals surface area (Å²) in [6.07, 6.45) is 4.45. The second kappa shape index (κ2) is 9.75. The molecule has 2 saturated heterocycles. The Balaban J connectivity index is 1.15. The van der Waals surface area contributed by atoms with Crippen molar-refractivity contribution in [2.75, 3.05) is 26.2 Å². The highest BCUT2D eigenvalue weighted by molar-refractivity contribution is 5.97. The summed E-state index contributed by atoms with van der Waals surface area (Å²) < 4.78 is 11.5. The summed E-state index contributed by atoms with van der Waals surface area (Å²) in [7, 11) is 0. The van der Waals surface area contributed by atoms with E-state index in [1.807, 2.05) is 47.4 Å². The third-order valence-corrected chi connectivity index (χ3v) is 6.58. The van der Waals surface area contributed by atoms with E-state index in [1.54, 1.807) is 6.07 Å². The summed E-state index contributed by atoms with van der Waals surface area (Å²) in [6, 6.07) is 15.2. The number of piperidine rings is 1. The molecular formula is C26H29N3O4. The smallest absolute Gasteiger partial charge is 0.253 e. The maximum Gasteiger partial charge on any atom is 0.253 e. The van der Waals surface area contributed by atoms with E-state index in [0.717, 1.165) is 43.4 Å². The number of rotatable bonds is 6. The lowest BCUT2D eigenvalue weighted by atomic mass is 9.93. The van der Waals surface area contributed by atoms with Gasteiger partial charge in [-0.1, -0.05) is 18.2 Å². The van der Waals surface area contributed by atoms with Crippen LogP contribution in [0.1, 0.15) is 42.5 Å². The zero-order valence-electron chi connectivity index (χ0n) is 18.7. The lowest BCUT2D eigenvalue weighted by Gasteiger charge is -2.32. The normalized spacial score (nSPS) is 19.2. The van der Waals surface area contributed by atoms with Crippen molar-refractivity contribution in [1.82, 2.24) is 15.2 Å². The Kier molecular flexibility index (Phi) is 6.39. The van der Waals surface area contributed by atoms with E-state index in [2.05, 4.69) is 10.3 Å². The van der Waals surface area contributed by atoms with Crippen molar-refractivity contribution in [3.63, 3.8) is 0 Å². The van der Waals surface area contributed by atoms with E-state index < -0.39 is 0 Å². The van der Waals surface area contributed by atoms with Crippen molar-refractivity contribution in [3.8, 4) is 11.5 Å². The molecule has 2 aliphatic rings. The third kappa shape index (κ3) is 5.09. The van der Waals surface area contributed by atoms with Gasteiger partial charge in [0.1, 0.15) is 5.52 Å². The van der Waals surface area contributed by atoms with E-state index in [9.17, 15) is 9.59 Å². The van der Waals surface area contributed by atoms with E-state index in [0.29, 0.717) is 49.0 Å². The fourth-order valence-corrected chi connectivity index (χ4v) is 4.65. The Labute approximate surface area is 193 Å². The second-order valence-electron chi connectivity index (χ2n) is 8.95. The van der Waals surface area contributed by atoms with Gasteiger partial charge >= 0.3 is 0 Å². The molecule has 2 aliphatic heterocycles. The van der Waals surface area contributed by atoms with Gasteiger partial charge in [0.05, 0.1) is 6.10 Å². The monoisotopic (exact) mass is 447 g/mol. The molecule has 3 heterocycles. The number of carbonyl (C=O) groups excluding carboxylic acids is 2. The number of hydrogen-bond donors (Lipinski definition) is 1. The Hall–Kier alpha value is -3.19. The summed E-state index contributed by atoms with van der Waals surface area (Å²) >= 11 is 0. The van der Waals surface area contributed by atoms with E-state index in [4.69, 9.17) is 9.15 Å². The van der Waals surface area contributed by atoms with Crippen LogP contribution in [0.4, 0.5) is 0 Å². The van der Waals surface area contributed by atoms with Gasteiger partial charge < -0.3 is 19.4 Å². The number of carbonyl (C=O) groups is 2. The molecule has 2 fully saturated rings. The lowest BCUT2D eigenvalue weighted by molar-refractivity contribution is -0.122. The molecule has 5 rings (SSSR count). The molecule has 33 heavy (non-hydrogen) atoms. The van der Waals surface area contributed by atoms with Gasteiger partial charge in [-0.05, 0) is 61.9 Å². The molecule has 2 amide bonds. The zero-order valence-corrected chi connectivity index (χ0v) is 18.7. The third-order valence-electron chi connectivity index (χ3n) is 6.58. The van der Waals surface area contributed by atoms with E-state index in [1.165, 1.54) is 0 Å². The number of nitrogens with zero attached hydrogens (tertiary/aromatic N) is 2. The average Bonchev–Trinajstić information content (AvgIpc) is 3.53. The molecule has 7 nitrogen and oxygen atoms in total. The van der Waals surface area contributed by atoms with Crippen LogP contribution < -0.4 is 5.32 Å². The van der Waals surface area contributed by atoms with Crippen molar-refractivity contribution in [1.29, 1.82) is 0 Å². The molecule has 0 saturated carbocycles. The maximum absolute atomic E-state index is 13.1. The summed E-state index contributed by atoms with van der Waals surface area (Å²) in [5, 5.41) is 3.00. The van der Waals surface area contributed by atoms with Gasteiger partial charge in [0.25, 0.3) is 5.91 Å². The number of likely N-dealkylation sites (tertiary alicyclic amines) is 1. The number of aromatic nitrogens is 1. The first kappa shape index (κ1) is 21.6. The van der Waals surface area contributed by atoms with Crippen molar-refractivity contribution in [3.05, 3.63) is 54.1 Å². The van der Waals surface area contributed by atoms with Gasteiger partial charge in [0.15, 0.2) is 5.58 Å². The van der Waals surface area contributed by atoms with E-state index >= 15 is 0 Å². The number of fused-ring (bicyclic) bond motifs is 1. The van der Waals surface area contributed by atoms with Crippen LogP contribution >= 0.6 is 0 Å². The SMILES string of the molecule is O=C(CC1CCN(C(=O)c2ccc3nc(-c4ccccc4)oc3c2)CC1)NC[C@@H]1CCCO1. The molecule has 3 aromatic rings. The average molecular weight is 448 g/mol. The molecular weight excluding hydrogens is 418 g/mol. The molecule has 7 heteroatoms. The van der Waals surface area contributed by atoms with Gasteiger partial charge in [-0.3, -0.25) is 9.59 Å². The number of oxazole rings is 1. The quantitative estimate of drug-likeness (QED) is 0.617. The van der Waals surface area contributed by atoms with Crippen LogP contribution in [0.3, 0.4) is 0 Å². The fraction of sp³-hybridized carbons (Fsp3) is 0.423. The molecule has 0 radical (unpaired) electrons. The first-order chi connectivity index (χ1) is 16.2. The fourth-order valence-electron chi connectivity index (χ4n) is 4.65. The van der Waals surface area contributed by atoms with Gasteiger partial charge in [0, 0.05) is 43.8 Å². The van der Waals surface area contributed by atoms with Crippen molar-refractivity contribution >= 4 is 22.9 Å². The molecule has 0 unspecified atom stereocenters. The Bertz CT molecular complexity index is 1110. The minimum atomic E-state index is -0.00385. The zero-order chi connectivity index (χ0) is 22.6. The number of benzene rings is 2. The molecule has 0 aliphatic carbocycles. The number of amides is 2. The van der Waals surface area contributed by atoms with Gasteiger partial charge in [0.2, 0.25) is 11.8 Å². The lowest BCUT2D eigenvalue weighted by Crippen LogP contribution is -2.40. The highest BCUT2D eigenvalue weighted by atomic mass is 16.5. The number of hydrogen-bond acceptors (Lipinski definition) is 5. The Morgan fingerprint density at radius 1 is 1.06 bits per heavy atom. The first-order valence-electron chi connectivity index (χ1n) is 11.8. The largest absolute Gasteiger partial charge is 0.436 e. The van der Waals surface area contributed by atoms with Crippen LogP contribution in [0.25, 0.3) is 22.6 Å². The first-order valence-corrected chi connectivity index (χ1v) is 11.8. The van der Waals surface area contributed by atoms with Crippen molar-refractivity contribution in [2.45, 2.75) is 38.2 Å².